The van der Waals surface area contributed by atoms with E-state index in [1.54, 1.807) is 7.05 Å². The van der Waals surface area contributed by atoms with Crippen molar-refractivity contribution in [3.05, 3.63) is 4.91 Å². The van der Waals surface area contributed by atoms with Gasteiger partial charge in [0.05, 0.1) is 6.54 Å². The summed E-state index contributed by atoms with van der Waals surface area (Å²) in [6.07, 6.45) is 0.782. The normalized spacial score (nSPS) is 13.1. The molecular formula is C5H13N3O. The molecule has 1 atom stereocenters. The topological polar surface area (TPSA) is 53.5 Å². The lowest BCUT2D eigenvalue weighted by Crippen LogP contribution is -2.36. The summed E-state index contributed by atoms with van der Waals surface area (Å²) < 4.78 is 0. The fraction of sp³-hybridized carbons (Fsp3) is 1.00. The van der Waals surface area contributed by atoms with Gasteiger partial charge in [-0.1, -0.05) is 5.18 Å². The van der Waals surface area contributed by atoms with Crippen LogP contribution in [0.25, 0.3) is 0 Å². The maximum atomic E-state index is 9.62. The Kier molecular flexibility index (Phi) is 5.35. The molecule has 0 fully saturated rings. The molecule has 0 aliphatic carbocycles. The van der Waals surface area contributed by atoms with E-state index in [9.17, 15) is 4.91 Å². The lowest BCUT2D eigenvalue weighted by molar-refractivity contribution is 0.467. The number of nitrogens with one attached hydrogen (secondary N) is 2. The molecule has 0 aromatic rings. The highest BCUT2D eigenvalue weighted by molar-refractivity contribution is 4.57. The van der Waals surface area contributed by atoms with Crippen molar-refractivity contribution in [3.63, 3.8) is 0 Å². The minimum absolute atomic E-state index is 0.313. The zero-order chi connectivity index (χ0) is 7.11. The van der Waals surface area contributed by atoms with E-state index in [1.165, 1.54) is 0 Å². The highest BCUT2D eigenvalue weighted by atomic mass is 16.3. The third-order valence-electron chi connectivity index (χ3n) is 1.04. The van der Waals surface area contributed by atoms with E-state index in [0.717, 1.165) is 6.42 Å². The third kappa shape index (κ3) is 5.39. The highest BCUT2D eigenvalue weighted by Crippen LogP contribution is 1.87. The fourth-order valence-corrected chi connectivity index (χ4v) is 0.565. The molecule has 0 bridgehead atoms. The Balaban J connectivity index is 3.04. The summed E-state index contributed by atoms with van der Waals surface area (Å²) in [6, 6.07) is 0.313. The molecule has 9 heavy (non-hydrogen) atoms. The Morgan fingerprint density at radius 3 is 2.78 bits per heavy atom. The van der Waals surface area contributed by atoms with Gasteiger partial charge in [-0.2, -0.15) is 4.91 Å². The highest BCUT2D eigenvalue weighted by Gasteiger charge is 1.96. The molecule has 2 N–H and O–H groups in total. The molecule has 0 amide bonds. The van der Waals surface area contributed by atoms with Gasteiger partial charge in [0.25, 0.3) is 0 Å². The molecule has 0 spiro atoms. The smallest absolute Gasteiger partial charge is 0.0826 e. The van der Waals surface area contributed by atoms with Crippen molar-refractivity contribution < 1.29 is 0 Å². The van der Waals surface area contributed by atoms with Crippen LogP contribution in [0.5, 0.6) is 0 Å². The van der Waals surface area contributed by atoms with E-state index in [4.69, 9.17) is 0 Å². The molecule has 4 nitrogen and oxygen atoms in total. The predicted molar refractivity (Wildman–Crippen MR) is 36.9 cm³/mol. The van der Waals surface area contributed by atoms with Crippen molar-refractivity contribution in [1.29, 1.82) is 0 Å². The lowest BCUT2D eigenvalue weighted by Gasteiger charge is -2.08. The quantitative estimate of drug-likeness (QED) is 0.415. The second-order valence-electron chi connectivity index (χ2n) is 1.94. The molecule has 0 aliphatic rings. The number of nitrogens with zero attached hydrogens (tertiary/aromatic N) is 1. The monoisotopic (exact) mass is 131 g/mol. The first-order valence-corrected chi connectivity index (χ1v) is 3.02. The summed E-state index contributed by atoms with van der Waals surface area (Å²) in [5.74, 6) is 0. The van der Waals surface area contributed by atoms with Crippen molar-refractivity contribution in [2.75, 3.05) is 13.6 Å². The van der Waals surface area contributed by atoms with E-state index in [2.05, 4.69) is 16.0 Å². The average Bonchev–Trinajstić information content (AvgIpc) is 1.85. The van der Waals surface area contributed by atoms with Crippen LogP contribution in [0.1, 0.15) is 13.3 Å². The summed E-state index contributed by atoms with van der Waals surface area (Å²) in [6.45, 7) is 2.37. The summed E-state index contributed by atoms with van der Waals surface area (Å²) in [4.78, 5) is 9.62. The van der Waals surface area contributed by atoms with Gasteiger partial charge in [0, 0.05) is 6.04 Å². The molecule has 4 heteroatoms. The van der Waals surface area contributed by atoms with Crippen molar-refractivity contribution in [2.24, 2.45) is 5.18 Å². The Hall–Kier alpha value is -0.480. The van der Waals surface area contributed by atoms with Crippen LogP contribution in [0.4, 0.5) is 0 Å². The first kappa shape index (κ1) is 8.52. The van der Waals surface area contributed by atoms with Crippen LogP contribution in [-0.2, 0) is 0 Å². The van der Waals surface area contributed by atoms with Gasteiger partial charge in [0.1, 0.15) is 0 Å². The standard InChI is InChI=1S/C5H13N3O/c1-5(8-6-2)3-4-7-9/h5-6,8H,3-4H2,1-2H3. The summed E-state index contributed by atoms with van der Waals surface area (Å²) in [5, 5.41) is 2.74. The van der Waals surface area contributed by atoms with Gasteiger partial charge in [-0.15, -0.1) is 0 Å². The molecule has 0 radical (unpaired) electrons. The molecule has 0 aromatic heterocycles. The maximum Gasteiger partial charge on any atom is 0.0826 e. The van der Waals surface area contributed by atoms with Gasteiger partial charge >= 0.3 is 0 Å². The third-order valence-corrected chi connectivity index (χ3v) is 1.04. The molecule has 0 aromatic carbocycles. The SMILES string of the molecule is CNNC(C)CCN=O. The first-order valence-electron chi connectivity index (χ1n) is 3.02. The Bertz CT molecular complexity index is 76.6. The number of hydrogen-bond acceptors (Lipinski definition) is 4. The molecule has 1 unspecified atom stereocenters. The molecule has 0 heterocycles. The van der Waals surface area contributed by atoms with Gasteiger partial charge < -0.3 is 0 Å². The molecule has 0 aliphatic heterocycles. The maximum absolute atomic E-state index is 9.62. The number of hydrogen-bond donors (Lipinski definition) is 2. The van der Waals surface area contributed by atoms with Crippen LogP contribution in [0.15, 0.2) is 5.18 Å². The van der Waals surface area contributed by atoms with E-state index in [1.807, 2.05) is 6.92 Å². The van der Waals surface area contributed by atoms with Crippen LogP contribution >= 0.6 is 0 Å². The summed E-state index contributed by atoms with van der Waals surface area (Å²) in [7, 11) is 1.80. The van der Waals surface area contributed by atoms with Gasteiger partial charge in [0.2, 0.25) is 0 Å². The second kappa shape index (κ2) is 5.65. The largest absolute Gasteiger partial charge is 0.261 e. The van der Waals surface area contributed by atoms with Gasteiger partial charge in [-0.3, -0.25) is 10.9 Å². The minimum atomic E-state index is 0.313. The minimum Gasteiger partial charge on any atom is -0.261 e. The van der Waals surface area contributed by atoms with Crippen molar-refractivity contribution in [2.45, 2.75) is 19.4 Å². The molecule has 0 saturated carbocycles. The van der Waals surface area contributed by atoms with E-state index < -0.39 is 0 Å². The zero-order valence-corrected chi connectivity index (χ0v) is 5.85. The number of rotatable bonds is 5. The van der Waals surface area contributed by atoms with E-state index in [0.29, 0.717) is 12.6 Å². The predicted octanol–water partition coefficient (Wildman–Crippen LogP) is 0.255. The molecule has 54 valence electrons. The van der Waals surface area contributed by atoms with Crippen LogP contribution < -0.4 is 10.9 Å². The number of hydrazine groups is 1. The molecule has 0 saturated heterocycles. The molecular weight excluding hydrogens is 118 g/mol. The van der Waals surface area contributed by atoms with Crippen LogP contribution in [0.3, 0.4) is 0 Å². The van der Waals surface area contributed by atoms with Crippen molar-refractivity contribution in [3.8, 4) is 0 Å². The van der Waals surface area contributed by atoms with Gasteiger partial charge in [-0.25, -0.2) is 0 Å². The van der Waals surface area contributed by atoms with Crippen LogP contribution in [0, 0.1) is 4.91 Å². The van der Waals surface area contributed by atoms with E-state index in [-0.39, 0.29) is 0 Å². The van der Waals surface area contributed by atoms with Gasteiger partial charge in [-0.05, 0) is 20.4 Å². The van der Waals surface area contributed by atoms with Crippen LogP contribution in [-0.4, -0.2) is 19.6 Å². The average molecular weight is 131 g/mol. The fourth-order valence-electron chi connectivity index (χ4n) is 0.565. The van der Waals surface area contributed by atoms with Gasteiger partial charge in [0.15, 0.2) is 0 Å². The number of nitroso groups, excluding NO2 is 1. The molecule has 0 rings (SSSR count). The van der Waals surface area contributed by atoms with E-state index >= 15 is 0 Å². The van der Waals surface area contributed by atoms with Crippen molar-refractivity contribution in [1.82, 2.24) is 10.9 Å². The Morgan fingerprint density at radius 1 is 1.67 bits per heavy atom. The lowest BCUT2D eigenvalue weighted by atomic mass is 10.2. The Morgan fingerprint density at radius 2 is 2.33 bits per heavy atom. The Labute approximate surface area is 55.0 Å². The zero-order valence-electron chi connectivity index (χ0n) is 5.85. The second-order valence-corrected chi connectivity index (χ2v) is 1.94. The summed E-state index contributed by atoms with van der Waals surface area (Å²) >= 11 is 0. The summed E-state index contributed by atoms with van der Waals surface area (Å²) in [5.41, 5.74) is 5.71. The van der Waals surface area contributed by atoms with Crippen LogP contribution in [0.2, 0.25) is 0 Å². The first-order chi connectivity index (χ1) is 4.31. The van der Waals surface area contributed by atoms with Crippen molar-refractivity contribution >= 4 is 0 Å².